The van der Waals surface area contributed by atoms with Gasteiger partial charge >= 0.3 is 0 Å². The van der Waals surface area contributed by atoms with Crippen LogP contribution < -0.4 is 16.0 Å². The van der Waals surface area contributed by atoms with E-state index in [0.29, 0.717) is 25.4 Å². The third kappa shape index (κ3) is 3.28. The van der Waals surface area contributed by atoms with Gasteiger partial charge in [-0.05, 0) is 59.8 Å². The fraction of sp³-hybridized carbons (Fsp3) is 0.529. The van der Waals surface area contributed by atoms with E-state index in [4.69, 9.17) is 5.73 Å². The van der Waals surface area contributed by atoms with Gasteiger partial charge in [0.2, 0.25) is 11.8 Å². The van der Waals surface area contributed by atoms with Crippen molar-refractivity contribution in [2.24, 2.45) is 17.6 Å². The number of hydrogen-bond donors (Lipinski definition) is 2. The zero-order valence-corrected chi connectivity index (χ0v) is 14.6. The van der Waals surface area contributed by atoms with Crippen molar-refractivity contribution in [3.8, 4) is 0 Å². The quantitative estimate of drug-likeness (QED) is 0.785. The Bertz CT molecular complexity index is 607. The molecule has 0 aromatic heterocycles. The van der Waals surface area contributed by atoms with Crippen molar-refractivity contribution in [1.82, 2.24) is 5.32 Å². The Morgan fingerprint density at radius 1 is 1.30 bits per heavy atom. The van der Waals surface area contributed by atoms with Crippen LogP contribution in [0.1, 0.15) is 25.7 Å². The Morgan fingerprint density at radius 3 is 2.83 bits per heavy atom. The molecule has 0 radical (unpaired) electrons. The van der Waals surface area contributed by atoms with Gasteiger partial charge in [0.1, 0.15) is 5.92 Å². The number of benzene rings is 1. The van der Waals surface area contributed by atoms with Gasteiger partial charge in [0.25, 0.3) is 0 Å². The molecule has 1 aromatic carbocycles. The highest BCUT2D eigenvalue weighted by Gasteiger charge is 2.39. The first-order chi connectivity index (χ1) is 11.1. The average molecular weight is 380 g/mol. The Kier molecular flexibility index (Phi) is 5.02. The molecule has 1 aliphatic carbocycles. The number of halogens is 1. The summed E-state index contributed by atoms with van der Waals surface area (Å²) in [5, 5.41) is 3.06. The number of anilines is 1. The molecular formula is C17H22BrN3O2. The molecule has 124 valence electrons. The summed E-state index contributed by atoms with van der Waals surface area (Å²) in [5.41, 5.74) is 6.59. The van der Waals surface area contributed by atoms with Crippen molar-refractivity contribution in [3.63, 3.8) is 0 Å². The lowest BCUT2D eigenvalue weighted by molar-refractivity contribution is -0.132. The molecule has 6 heteroatoms. The van der Waals surface area contributed by atoms with E-state index in [0.717, 1.165) is 29.4 Å². The first-order valence-corrected chi connectivity index (χ1v) is 8.97. The topological polar surface area (TPSA) is 75.4 Å². The summed E-state index contributed by atoms with van der Waals surface area (Å²) in [6, 6.07) is 7.72. The van der Waals surface area contributed by atoms with Crippen molar-refractivity contribution < 1.29 is 9.59 Å². The van der Waals surface area contributed by atoms with Crippen LogP contribution in [0.2, 0.25) is 0 Å². The summed E-state index contributed by atoms with van der Waals surface area (Å²) >= 11 is 3.47. The predicted octanol–water partition coefficient (Wildman–Crippen LogP) is 2.05. The number of carbonyl (C=O) groups is 2. The SMILES string of the molecule is NCC1CCCC1NC(=O)C1CCN(c2ccccc2Br)C1=O. The number of hydrogen-bond acceptors (Lipinski definition) is 3. The van der Waals surface area contributed by atoms with E-state index in [1.54, 1.807) is 4.90 Å². The molecule has 5 nitrogen and oxygen atoms in total. The number of carbonyl (C=O) groups excluding carboxylic acids is 2. The molecule has 3 N–H and O–H groups in total. The van der Waals surface area contributed by atoms with E-state index in [9.17, 15) is 9.59 Å². The van der Waals surface area contributed by atoms with Gasteiger partial charge in [0.15, 0.2) is 0 Å². The monoisotopic (exact) mass is 379 g/mol. The standard InChI is InChI=1S/C17H22BrN3O2/c18-13-5-1-2-7-15(13)21-9-8-12(17(21)23)16(22)20-14-6-3-4-11(14)10-19/h1-2,5,7,11-12,14H,3-4,6,8-10,19H2,(H,20,22). The minimum Gasteiger partial charge on any atom is -0.352 e. The van der Waals surface area contributed by atoms with Crippen LogP contribution in [0.4, 0.5) is 5.69 Å². The van der Waals surface area contributed by atoms with Gasteiger partial charge in [-0.25, -0.2) is 0 Å². The minimum atomic E-state index is -0.582. The van der Waals surface area contributed by atoms with Crippen molar-refractivity contribution >= 4 is 33.4 Å². The van der Waals surface area contributed by atoms with Gasteiger partial charge in [0, 0.05) is 17.1 Å². The van der Waals surface area contributed by atoms with E-state index in [1.165, 1.54) is 0 Å². The number of nitrogens with two attached hydrogens (primary N) is 1. The molecule has 1 saturated carbocycles. The molecule has 0 spiro atoms. The molecule has 23 heavy (non-hydrogen) atoms. The number of nitrogens with one attached hydrogen (secondary N) is 1. The minimum absolute atomic E-state index is 0.114. The predicted molar refractivity (Wildman–Crippen MR) is 92.9 cm³/mol. The molecule has 1 saturated heterocycles. The maximum atomic E-state index is 12.6. The average Bonchev–Trinajstić information content (AvgIpc) is 3.14. The molecule has 1 aromatic rings. The van der Waals surface area contributed by atoms with E-state index in [2.05, 4.69) is 21.2 Å². The number of para-hydroxylation sites is 1. The summed E-state index contributed by atoms with van der Waals surface area (Å²) in [6.07, 6.45) is 3.67. The summed E-state index contributed by atoms with van der Waals surface area (Å²) in [4.78, 5) is 26.9. The second kappa shape index (κ2) is 7.01. The number of amides is 2. The van der Waals surface area contributed by atoms with Crippen LogP contribution in [0.25, 0.3) is 0 Å². The molecular weight excluding hydrogens is 358 g/mol. The van der Waals surface area contributed by atoms with E-state index in [1.807, 2.05) is 24.3 Å². The maximum absolute atomic E-state index is 12.6. The highest BCUT2D eigenvalue weighted by molar-refractivity contribution is 9.10. The van der Waals surface area contributed by atoms with Crippen molar-refractivity contribution in [2.45, 2.75) is 31.7 Å². The lowest BCUT2D eigenvalue weighted by atomic mass is 10.0. The molecule has 0 bridgehead atoms. The summed E-state index contributed by atoms with van der Waals surface area (Å²) in [5.74, 6) is -0.498. The van der Waals surface area contributed by atoms with Crippen LogP contribution in [0.15, 0.2) is 28.7 Å². The van der Waals surface area contributed by atoms with E-state index in [-0.39, 0.29) is 17.9 Å². The lowest BCUT2D eigenvalue weighted by Crippen LogP contribution is -2.44. The van der Waals surface area contributed by atoms with Gasteiger partial charge in [-0.3, -0.25) is 9.59 Å². The Hall–Kier alpha value is -1.40. The normalized spacial score (nSPS) is 27.5. The van der Waals surface area contributed by atoms with E-state index < -0.39 is 5.92 Å². The van der Waals surface area contributed by atoms with Crippen LogP contribution >= 0.6 is 15.9 Å². The zero-order chi connectivity index (χ0) is 16.4. The first-order valence-electron chi connectivity index (χ1n) is 8.18. The second-order valence-electron chi connectivity index (χ2n) is 6.32. The van der Waals surface area contributed by atoms with Crippen LogP contribution in [-0.4, -0.2) is 30.9 Å². The molecule has 2 amide bonds. The van der Waals surface area contributed by atoms with Crippen LogP contribution in [-0.2, 0) is 9.59 Å². The molecule has 3 atom stereocenters. The Morgan fingerprint density at radius 2 is 2.09 bits per heavy atom. The highest BCUT2D eigenvalue weighted by atomic mass is 79.9. The fourth-order valence-electron chi connectivity index (χ4n) is 3.63. The summed E-state index contributed by atoms with van der Waals surface area (Å²) < 4.78 is 0.869. The Balaban J connectivity index is 1.67. The first kappa shape index (κ1) is 16.5. The zero-order valence-electron chi connectivity index (χ0n) is 13.0. The summed E-state index contributed by atoms with van der Waals surface area (Å²) in [6.45, 7) is 1.16. The number of nitrogens with zero attached hydrogens (tertiary/aromatic N) is 1. The third-order valence-electron chi connectivity index (χ3n) is 4.95. The molecule has 1 heterocycles. The Labute approximate surface area is 144 Å². The second-order valence-corrected chi connectivity index (χ2v) is 7.18. The smallest absolute Gasteiger partial charge is 0.239 e. The highest BCUT2D eigenvalue weighted by Crippen LogP contribution is 2.32. The lowest BCUT2D eigenvalue weighted by Gasteiger charge is -2.22. The van der Waals surface area contributed by atoms with E-state index >= 15 is 0 Å². The van der Waals surface area contributed by atoms with Gasteiger partial charge in [-0.2, -0.15) is 0 Å². The number of rotatable bonds is 4. The molecule has 1 aliphatic heterocycles. The van der Waals surface area contributed by atoms with Crippen LogP contribution in [0, 0.1) is 11.8 Å². The van der Waals surface area contributed by atoms with Crippen LogP contribution in [0.5, 0.6) is 0 Å². The van der Waals surface area contributed by atoms with Gasteiger partial charge in [0.05, 0.1) is 5.69 Å². The largest absolute Gasteiger partial charge is 0.352 e. The fourth-order valence-corrected chi connectivity index (χ4v) is 4.12. The van der Waals surface area contributed by atoms with Gasteiger partial charge in [-0.15, -0.1) is 0 Å². The summed E-state index contributed by atoms with van der Waals surface area (Å²) in [7, 11) is 0. The van der Waals surface area contributed by atoms with Crippen molar-refractivity contribution in [1.29, 1.82) is 0 Å². The molecule has 3 rings (SSSR count). The molecule has 2 aliphatic rings. The van der Waals surface area contributed by atoms with Crippen LogP contribution in [0.3, 0.4) is 0 Å². The van der Waals surface area contributed by atoms with Crippen molar-refractivity contribution in [2.75, 3.05) is 18.0 Å². The molecule has 3 unspecified atom stereocenters. The van der Waals surface area contributed by atoms with Crippen molar-refractivity contribution in [3.05, 3.63) is 28.7 Å². The third-order valence-corrected chi connectivity index (χ3v) is 5.63. The van der Waals surface area contributed by atoms with Gasteiger partial charge < -0.3 is 16.0 Å². The maximum Gasteiger partial charge on any atom is 0.239 e. The molecule has 2 fully saturated rings. The van der Waals surface area contributed by atoms with Gasteiger partial charge in [-0.1, -0.05) is 18.6 Å².